The highest BCUT2D eigenvalue weighted by Crippen LogP contribution is 2.27. The van der Waals surface area contributed by atoms with Crippen LogP contribution in [0.1, 0.15) is 23.9 Å². The van der Waals surface area contributed by atoms with E-state index in [1.165, 1.54) is 0 Å². The van der Waals surface area contributed by atoms with Crippen molar-refractivity contribution >= 4 is 0 Å². The lowest BCUT2D eigenvalue weighted by atomic mass is 10.1. The van der Waals surface area contributed by atoms with Crippen LogP contribution in [-0.4, -0.2) is 38.3 Å². The molecule has 4 rings (SSSR count). The maximum atomic E-state index is 5.38. The van der Waals surface area contributed by atoms with Crippen molar-refractivity contribution in [2.75, 3.05) is 13.2 Å². The van der Waals surface area contributed by atoms with E-state index in [1.54, 1.807) is 18.6 Å². The highest BCUT2D eigenvalue weighted by atomic mass is 16.5. The SMILES string of the molecule is Cc1nc(-c2cccnc2)ncc1-c1nc([C@@H]2CCOC2)no1. The van der Waals surface area contributed by atoms with Gasteiger partial charge in [0, 0.05) is 36.7 Å². The van der Waals surface area contributed by atoms with Gasteiger partial charge in [-0.25, -0.2) is 9.97 Å². The van der Waals surface area contributed by atoms with E-state index in [0.29, 0.717) is 24.1 Å². The molecule has 0 radical (unpaired) electrons. The van der Waals surface area contributed by atoms with Crippen molar-refractivity contribution in [3.63, 3.8) is 0 Å². The highest BCUT2D eigenvalue weighted by molar-refractivity contribution is 5.59. The smallest absolute Gasteiger partial charge is 0.261 e. The fourth-order valence-electron chi connectivity index (χ4n) is 2.56. The Morgan fingerprint density at radius 2 is 2.17 bits per heavy atom. The monoisotopic (exact) mass is 309 g/mol. The summed E-state index contributed by atoms with van der Waals surface area (Å²) in [4.78, 5) is 17.5. The Morgan fingerprint density at radius 1 is 1.22 bits per heavy atom. The minimum Gasteiger partial charge on any atom is -0.381 e. The van der Waals surface area contributed by atoms with Crippen LogP contribution in [-0.2, 0) is 4.74 Å². The van der Waals surface area contributed by atoms with Crippen molar-refractivity contribution in [2.24, 2.45) is 0 Å². The third kappa shape index (κ3) is 2.70. The number of aryl methyl sites for hydroxylation is 1. The molecule has 3 aromatic rings. The molecule has 3 aromatic heterocycles. The molecule has 0 bridgehead atoms. The Bertz CT molecular complexity index is 812. The van der Waals surface area contributed by atoms with Crippen molar-refractivity contribution in [3.05, 3.63) is 42.2 Å². The molecular formula is C16H15N5O2. The number of hydrogen-bond acceptors (Lipinski definition) is 7. The molecule has 1 saturated heterocycles. The summed E-state index contributed by atoms with van der Waals surface area (Å²) >= 11 is 0. The Balaban J connectivity index is 1.64. The van der Waals surface area contributed by atoms with Crippen molar-refractivity contribution in [3.8, 4) is 22.8 Å². The van der Waals surface area contributed by atoms with Gasteiger partial charge < -0.3 is 9.26 Å². The van der Waals surface area contributed by atoms with Crippen LogP contribution in [0.4, 0.5) is 0 Å². The summed E-state index contributed by atoms with van der Waals surface area (Å²) in [6.07, 6.45) is 6.10. The molecular weight excluding hydrogens is 294 g/mol. The van der Waals surface area contributed by atoms with E-state index < -0.39 is 0 Å². The molecule has 1 aliphatic rings. The number of hydrogen-bond donors (Lipinski definition) is 0. The summed E-state index contributed by atoms with van der Waals surface area (Å²) in [5.41, 5.74) is 2.41. The van der Waals surface area contributed by atoms with Gasteiger partial charge in [-0.15, -0.1) is 0 Å². The van der Waals surface area contributed by atoms with Gasteiger partial charge in [-0.1, -0.05) is 5.16 Å². The average molecular weight is 309 g/mol. The first-order valence-corrected chi connectivity index (χ1v) is 7.47. The number of pyridine rings is 1. The highest BCUT2D eigenvalue weighted by Gasteiger charge is 2.24. The fourth-order valence-corrected chi connectivity index (χ4v) is 2.56. The first kappa shape index (κ1) is 14.0. The number of nitrogens with zero attached hydrogens (tertiary/aromatic N) is 5. The van der Waals surface area contributed by atoms with Gasteiger partial charge in [0.1, 0.15) is 0 Å². The van der Waals surface area contributed by atoms with Crippen LogP contribution in [0.2, 0.25) is 0 Å². The van der Waals surface area contributed by atoms with Gasteiger partial charge >= 0.3 is 0 Å². The van der Waals surface area contributed by atoms with Gasteiger partial charge in [0.15, 0.2) is 11.6 Å². The van der Waals surface area contributed by atoms with E-state index in [4.69, 9.17) is 9.26 Å². The van der Waals surface area contributed by atoms with Gasteiger partial charge in [-0.3, -0.25) is 4.98 Å². The van der Waals surface area contributed by atoms with Crippen LogP contribution in [0.25, 0.3) is 22.8 Å². The molecule has 0 N–H and O–H groups in total. The molecule has 1 fully saturated rings. The molecule has 4 heterocycles. The third-order valence-corrected chi connectivity index (χ3v) is 3.87. The molecule has 116 valence electrons. The van der Waals surface area contributed by atoms with Crippen LogP contribution >= 0.6 is 0 Å². The van der Waals surface area contributed by atoms with E-state index in [1.807, 2.05) is 19.1 Å². The van der Waals surface area contributed by atoms with E-state index in [9.17, 15) is 0 Å². The molecule has 0 unspecified atom stereocenters. The lowest BCUT2D eigenvalue weighted by Crippen LogP contribution is -2.00. The number of ether oxygens (including phenoxy) is 1. The second kappa shape index (κ2) is 5.85. The standard InChI is InChI=1S/C16H15N5O2/c1-10-13(8-18-14(19-10)11-3-2-5-17-7-11)16-20-15(21-23-16)12-4-6-22-9-12/h2-3,5,7-8,12H,4,6,9H2,1H3/t12-/m1/s1. The number of aromatic nitrogens is 5. The number of rotatable bonds is 3. The zero-order valence-electron chi connectivity index (χ0n) is 12.6. The Labute approximate surface area is 132 Å². The van der Waals surface area contributed by atoms with Gasteiger partial charge in [-0.2, -0.15) is 4.98 Å². The maximum Gasteiger partial charge on any atom is 0.261 e. The molecule has 0 amide bonds. The van der Waals surface area contributed by atoms with Crippen molar-refractivity contribution in [2.45, 2.75) is 19.3 Å². The zero-order chi connectivity index (χ0) is 15.6. The second-order valence-electron chi connectivity index (χ2n) is 5.45. The first-order valence-electron chi connectivity index (χ1n) is 7.47. The quantitative estimate of drug-likeness (QED) is 0.734. The third-order valence-electron chi connectivity index (χ3n) is 3.87. The summed E-state index contributed by atoms with van der Waals surface area (Å²) in [6, 6.07) is 3.78. The average Bonchev–Trinajstić information content (AvgIpc) is 3.27. The van der Waals surface area contributed by atoms with Gasteiger partial charge in [0.25, 0.3) is 5.89 Å². The van der Waals surface area contributed by atoms with E-state index >= 15 is 0 Å². The summed E-state index contributed by atoms with van der Waals surface area (Å²) < 4.78 is 10.7. The topological polar surface area (TPSA) is 86.8 Å². The minimum absolute atomic E-state index is 0.211. The maximum absolute atomic E-state index is 5.38. The Hall–Kier alpha value is -2.67. The lowest BCUT2D eigenvalue weighted by molar-refractivity contribution is 0.192. The van der Waals surface area contributed by atoms with E-state index in [2.05, 4.69) is 25.1 Å². The summed E-state index contributed by atoms with van der Waals surface area (Å²) in [7, 11) is 0. The Morgan fingerprint density at radius 3 is 2.91 bits per heavy atom. The summed E-state index contributed by atoms with van der Waals surface area (Å²) in [6.45, 7) is 3.30. The van der Waals surface area contributed by atoms with Crippen LogP contribution in [0.3, 0.4) is 0 Å². The van der Waals surface area contributed by atoms with Crippen LogP contribution < -0.4 is 0 Å². The molecule has 7 heteroatoms. The van der Waals surface area contributed by atoms with Crippen LogP contribution in [0.5, 0.6) is 0 Å². The molecule has 0 spiro atoms. The van der Waals surface area contributed by atoms with Crippen LogP contribution in [0, 0.1) is 6.92 Å². The van der Waals surface area contributed by atoms with Crippen molar-refractivity contribution < 1.29 is 9.26 Å². The summed E-state index contributed by atoms with van der Waals surface area (Å²) in [5, 5.41) is 4.06. The fraction of sp³-hybridized carbons (Fsp3) is 0.312. The molecule has 1 aliphatic heterocycles. The van der Waals surface area contributed by atoms with Gasteiger partial charge in [0.2, 0.25) is 0 Å². The van der Waals surface area contributed by atoms with Crippen molar-refractivity contribution in [1.29, 1.82) is 0 Å². The van der Waals surface area contributed by atoms with Crippen molar-refractivity contribution in [1.82, 2.24) is 25.1 Å². The first-order chi connectivity index (χ1) is 11.3. The molecule has 7 nitrogen and oxygen atoms in total. The minimum atomic E-state index is 0.211. The predicted octanol–water partition coefficient (Wildman–Crippen LogP) is 2.40. The molecule has 0 aromatic carbocycles. The summed E-state index contributed by atoms with van der Waals surface area (Å²) in [5.74, 6) is 1.97. The predicted molar refractivity (Wildman–Crippen MR) is 81.5 cm³/mol. The second-order valence-corrected chi connectivity index (χ2v) is 5.45. The van der Waals surface area contributed by atoms with E-state index in [-0.39, 0.29) is 5.92 Å². The van der Waals surface area contributed by atoms with Crippen LogP contribution in [0.15, 0.2) is 35.2 Å². The lowest BCUT2D eigenvalue weighted by Gasteiger charge is -2.03. The molecule has 23 heavy (non-hydrogen) atoms. The Kier molecular flexibility index (Phi) is 3.55. The van der Waals surface area contributed by atoms with E-state index in [0.717, 1.165) is 29.8 Å². The van der Waals surface area contributed by atoms with Gasteiger partial charge in [0.05, 0.1) is 17.9 Å². The largest absolute Gasteiger partial charge is 0.381 e. The molecule has 0 saturated carbocycles. The normalized spacial score (nSPS) is 17.5. The molecule has 0 aliphatic carbocycles. The zero-order valence-corrected chi connectivity index (χ0v) is 12.6. The van der Waals surface area contributed by atoms with Gasteiger partial charge in [-0.05, 0) is 25.5 Å². The molecule has 1 atom stereocenters.